The largest absolute Gasteiger partial charge is 0.461 e. The first-order valence-corrected chi connectivity index (χ1v) is 13.6. The molecule has 0 unspecified atom stereocenters. The van der Waals surface area contributed by atoms with Gasteiger partial charge in [0.05, 0.1) is 16.7 Å². The third-order valence-electron chi connectivity index (χ3n) is 8.96. The standard InChI is InChI=1S/C32H34N2O6/c1-21-8-11-26-31(2,25(21)10-9-22-13-17-38-28(22)35)14-12-27(40-30(37)24-7-5-16-34-19-24)32(26,3)20-39-29(36)23-6-4-15-33-18-23/h4-7,9-10,13,15-16,18-19,25-27H,1,8,11-12,14,17,20H2,2-3H3/b10-9+/t25-,26+,27-,31+,32+/m1/s1. The van der Waals surface area contributed by atoms with Gasteiger partial charge in [0, 0.05) is 36.1 Å². The average Bonchev–Trinajstić information content (AvgIpc) is 3.38. The Hall–Kier alpha value is -4.07. The van der Waals surface area contributed by atoms with E-state index < -0.39 is 23.5 Å². The van der Waals surface area contributed by atoms with Crippen LogP contribution in [-0.2, 0) is 19.0 Å². The molecule has 0 radical (unpaired) electrons. The molecule has 0 bridgehead atoms. The predicted octanol–water partition coefficient (Wildman–Crippen LogP) is 5.29. The molecule has 2 fully saturated rings. The molecule has 3 heterocycles. The van der Waals surface area contributed by atoms with Crippen molar-refractivity contribution in [2.24, 2.45) is 22.7 Å². The number of hydrogen-bond acceptors (Lipinski definition) is 8. The van der Waals surface area contributed by atoms with Gasteiger partial charge in [-0.05, 0) is 67.4 Å². The zero-order valence-corrected chi connectivity index (χ0v) is 22.9. The van der Waals surface area contributed by atoms with Crippen molar-refractivity contribution in [3.8, 4) is 0 Å². The highest BCUT2D eigenvalue weighted by molar-refractivity contribution is 5.93. The Bertz CT molecular complexity index is 1350. The van der Waals surface area contributed by atoms with Gasteiger partial charge in [-0.2, -0.15) is 0 Å². The summed E-state index contributed by atoms with van der Waals surface area (Å²) < 4.78 is 17.1. The molecule has 8 nitrogen and oxygen atoms in total. The van der Waals surface area contributed by atoms with E-state index >= 15 is 0 Å². The number of allylic oxidation sites excluding steroid dienone is 2. The normalized spacial score (nSPS) is 29.9. The fraction of sp³-hybridized carbons (Fsp3) is 0.406. The van der Waals surface area contributed by atoms with Gasteiger partial charge in [0.25, 0.3) is 0 Å². The number of nitrogens with zero attached hydrogens (tertiary/aromatic N) is 2. The summed E-state index contributed by atoms with van der Waals surface area (Å²) in [5, 5.41) is 0. The average molecular weight is 543 g/mol. The van der Waals surface area contributed by atoms with Crippen molar-refractivity contribution in [1.82, 2.24) is 9.97 Å². The van der Waals surface area contributed by atoms with Crippen LogP contribution in [0.15, 0.2) is 85.0 Å². The summed E-state index contributed by atoms with van der Waals surface area (Å²) in [6.07, 6.45) is 14.3. The van der Waals surface area contributed by atoms with Gasteiger partial charge in [-0.15, -0.1) is 0 Å². The Morgan fingerprint density at radius 2 is 1.80 bits per heavy atom. The van der Waals surface area contributed by atoms with Crippen LogP contribution in [0.25, 0.3) is 0 Å². The van der Waals surface area contributed by atoms with Crippen molar-refractivity contribution < 1.29 is 28.6 Å². The topological polar surface area (TPSA) is 105 Å². The van der Waals surface area contributed by atoms with E-state index in [9.17, 15) is 14.4 Å². The number of carbonyl (C=O) groups is 3. The molecule has 2 aromatic rings. The molecule has 8 heteroatoms. The van der Waals surface area contributed by atoms with Gasteiger partial charge in [-0.1, -0.05) is 38.2 Å². The molecule has 0 N–H and O–H groups in total. The number of fused-ring (bicyclic) bond motifs is 1. The summed E-state index contributed by atoms with van der Waals surface area (Å²) in [4.78, 5) is 46.2. The second kappa shape index (κ2) is 11.2. The fourth-order valence-electron chi connectivity index (χ4n) is 6.83. The maximum atomic E-state index is 13.1. The second-order valence-corrected chi connectivity index (χ2v) is 11.3. The van der Waals surface area contributed by atoms with Gasteiger partial charge in [-0.25, -0.2) is 14.4 Å². The minimum atomic E-state index is -0.679. The summed E-state index contributed by atoms with van der Waals surface area (Å²) in [5.74, 6) is -1.22. The quantitative estimate of drug-likeness (QED) is 0.264. The molecule has 2 aliphatic carbocycles. The summed E-state index contributed by atoms with van der Waals surface area (Å²) in [6, 6.07) is 6.73. The number of esters is 3. The lowest BCUT2D eigenvalue weighted by Crippen LogP contribution is -2.58. The molecule has 5 rings (SSSR count). The van der Waals surface area contributed by atoms with Gasteiger partial charge in [-0.3, -0.25) is 9.97 Å². The van der Waals surface area contributed by atoms with E-state index in [1.54, 1.807) is 42.7 Å². The maximum Gasteiger partial charge on any atom is 0.339 e. The Kier molecular flexibility index (Phi) is 7.70. The van der Waals surface area contributed by atoms with E-state index in [1.165, 1.54) is 12.4 Å². The van der Waals surface area contributed by atoms with Crippen molar-refractivity contribution >= 4 is 17.9 Å². The Morgan fingerprint density at radius 1 is 1.10 bits per heavy atom. The number of aromatic nitrogens is 2. The van der Waals surface area contributed by atoms with Crippen molar-refractivity contribution in [3.05, 3.63) is 96.1 Å². The minimum Gasteiger partial charge on any atom is -0.461 e. The van der Waals surface area contributed by atoms with E-state index in [4.69, 9.17) is 14.2 Å². The summed E-state index contributed by atoms with van der Waals surface area (Å²) in [6.45, 7) is 9.04. The van der Waals surface area contributed by atoms with Crippen molar-refractivity contribution in [2.45, 2.75) is 45.6 Å². The summed E-state index contributed by atoms with van der Waals surface area (Å²) in [5.41, 5.74) is 1.44. The van der Waals surface area contributed by atoms with Crippen LogP contribution in [0, 0.1) is 22.7 Å². The molecule has 1 aliphatic heterocycles. The van der Waals surface area contributed by atoms with E-state index in [0.717, 1.165) is 24.8 Å². The highest BCUT2D eigenvalue weighted by atomic mass is 16.6. The Labute approximate surface area is 234 Å². The van der Waals surface area contributed by atoms with Crippen LogP contribution in [-0.4, -0.2) is 47.2 Å². The van der Waals surface area contributed by atoms with Crippen molar-refractivity contribution in [1.29, 1.82) is 0 Å². The molecule has 208 valence electrons. The molecule has 0 saturated heterocycles. The maximum absolute atomic E-state index is 13.1. The lowest BCUT2D eigenvalue weighted by molar-refractivity contribution is -0.150. The lowest BCUT2D eigenvalue weighted by atomic mass is 9.46. The summed E-state index contributed by atoms with van der Waals surface area (Å²) >= 11 is 0. The third kappa shape index (κ3) is 5.22. The molecule has 3 aliphatic rings. The van der Waals surface area contributed by atoms with Gasteiger partial charge in [0.1, 0.15) is 19.3 Å². The number of cyclic esters (lactones) is 1. The van der Waals surface area contributed by atoms with Crippen LogP contribution in [0.3, 0.4) is 0 Å². The lowest BCUT2D eigenvalue weighted by Gasteiger charge is -2.59. The zero-order valence-electron chi connectivity index (χ0n) is 22.9. The number of ether oxygens (including phenoxy) is 3. The first-order chi connectivity index (χ1) is 19.2. The molecule has 0 spiro atoms. The smallest absolute Gasteiger partial charge is 0.339 e. The number of pyridine rings is 2. The molecular weight excluding hydrogens is 508 g/mol. The van der Waals surface area contributed by atoms with Gasteiger partial charge in [0.2, 0.25) is 0 Å². The fourth-order valence-corrected chi connectivity index (χ4v) is 6.83. The van der Waals surface area contributed by atoms with E-state index in [1.807, 2.05) is 6.08 Å². The Morgan fingerprint density at radius 3 is 2.42 bits per heavy atom. The SMILES string of the molecule is C=C1CC[C@@H]2[C@](C)(COC(=O)c3cccnc3)[C@H](OC(=O)c3cccnc3)CC[C@@]2(C)[C@@H]1/C=C/C1=CCOC1=O. The second-order valence-electron chi connectivity index (χ2n) is 11.3. The van der Waals surface area contributed by atoms with Crippen molar-refractivity contribution in [3.63, 3.8) is 0 Å². The van der Waals surface area contributed by atoms with Crippen LogP contribution in [0.2, 0.25) is 0 Å². The Balaban J connectivity index is 1.45. The molecule has 40 heavy (non-hydrogen) atoms. The number of rotatable bonds is 7. The molecule has 0 amide bonds. The van der Waals surface area contributed by atoms with Crippen LogP contribution >= 0.6 is 0 Å². The van der Waals surface area contributed by atoms with E-state index in [0.29, 0.717) is 23.1 Å². The van der Waals surface area contributed by atoms with Crippen LogP contribution in [0.4, 0.5) is 0 Å². The first-order valence-electron chi connectivity index (χ1n) is 13.6. The molecule has 2 saturated carbocycles. The van der Waals surface area contributed by atoms with Crippen LogP contribution in [0.5, 0.6) is 0 Å². The van der Waals surface area contributed by atoms with E-state index in [-0.39, 0.29) is 36.4 Å². The zero-order chi connectivity index (χ0) is 28.3. The van der Waals surface area contributed by atoms with Crippen LogP contribution < -0.4 is 0 Å². The summed E-state index contributed by atoms with van der Waals surface area (Å²) in [7, 11) is 0. The molecular formula is C32H34N2O6. The van der Waals surface area contributed by atoms with Gasteiger partial charge >= 0.3 is 17.9 Å². The highest BCUT2D eigenvalue weighted by Crippen LogP contribution is 2.62. The molecule has 0 aromatic carbocycles. The predicted molar refractivity (Wildman–Crippen MR) is 147 cm³/mol. The highest BCUT2D eigenvalue weighted by Gasteiger charge is 2.59. The molecule has 5 atom stereocenters. The third-order valence-corrected chi connectivity index (χ3v) is 8.96. The van der Waals surface area contributed by atoms with Gasteiger partial charge < -0.3 is 14.2 Å². The number of hydrogen-bond donors (Lipinski definition) is 0. The molecule has 2 aromatic heterocycles. The van der Waals surface area contributed by atoms with Gasteiger partial charge in [0.15, 0.2) is 0 Å². The van der Waals surface area contributed by atoms with Crippen molar-refractivity contribution in [2.75, 3.05) is 13.2 Å². The van der Waals surface area contributed by atoms with E-state index in [2.05, 4.69) is 36.5 Å². The minimum absolute atomic E-state index is 0.0103. The monoisotopic (exact) mass is 542 g/mol. The van der Waals surface area contributed by atoms with Crippen LogP contribution in [0.1, 0.15) is 60.2 Å². The first kappa shape index (κ1) is 27.5. The number of carbonyl (C=O) groups excluding carboxylic acids is 3.